The number of nitrogens with zero attached hydrogens (tertiary/aromatic N) is 2. The van der Waals surface area contributed by atoms with E-state index in [9.17, 15) is 44.3 Å². The van der Waals surface area contributed by atoms with E-state index in [1.165, 1.54) is 0 Å². The maximum Gasteiger partial charge on any atom is 0.435 e. The summed E-state index contributed by atoms with van der Waals surface area (Å²) in [6.45, 7) is 0. The molecule has 28 heavy (non-hydrogen) atoms. The molecule has 0 fully saturated rings. The molecule has 0 aliphatic heterocycles. The topological polar surface area (TPSA) is 60.9 Å². The van der Waals surface area contributed by atoms with Crippen molar-refractivity contribution in [1.29, 1.82) is 0 Å². The van der Waals surface area contributed by atoms with E-state index in [1.807, 2.05) is 0 Å². The van der Waals surface area contributed by atoms with Crippen LogP contribution in [0.2, 0.25) is 0 Å². The number of halogens is 10. The van der Waals surface area contributed by atoms with E-state index >= 15 is 0 Å². The lowest BCUT2D eigenvalue weighted by Gasteiger charge is -2.19. The van der Waals surface area contributed by atoms with Gasteiger partial charge in [-0.25, -0.2) is 4.98 Å². The molecule has 0 radical (unpaired) electrons. The molecule has 2 rings (SSSR count). The molecule has 0 atom stereocenters. The molecule has 0 amide bonds. The van der Waals surface area contributed by atoms with Crippen molar-refractivity contribution in [2.75, 3.05) is 5.73 Å². The van der Waals surface area contributed by atoms with Crippen LogP contribution in [0.15, 0.2) is 21.4 Å². The molecule has 154 valence electrons. The molecule has 1 aromatic carbocycles. The van der Waals surface area contributed by atoms with E-state index in [0.29, 0.717) is 4.57 Å². The minimum Gasteiger partial charge on any atom is -0.392 e. The third-order valence-electron chi connectivity index (χ3n) is 3.54. The second-order valence-corrected chi connectivity index (χ2v) is 6.23. The van der Waals surface area contributed by atoms with E-state index in [1.54, 1.807) is 0 Å². The standard InChI is InChI=1S/C14H7BrF9N3O/c1-27-10(26-9(14(22,23)24)8(25)11(27)28)5-2-4(12(16,17)18)3-6(7(5)15)13(19,20)21/h2-3H,25H2,1H3. The Morgan fingerprint density at radius 2 is 1.50 bits per heavy atom. The fraction of sp³-hybridized carbons (Fsp3) is 0.286. The highest BCUT2D eigenvalue weighted by Gasteiger charge is 2.41. The largest absolute Gasteiger partial charge is 0.435 e. The van der Waals surface area contributed by atoms with Gasteiger partial charge in [-0.2, -0.15) is 39.5 Å². The Morgan fingerprint density at radius 1 is 0.964 bits per heavy atom. The summed E-state index contributed by atoms with van der Waals surface area (Å²) in [6.07, 6.45) is -15.8. The lowest BCUT2D eigenvalue weighted by atomic mass is 10.0. The number of hydrogen-bond acceptors (Lipinski definition) is 3. The Balaban J connectivity index is 3.00. The first-order valence-corrected chi connectivity index (χ1v) is 7.67. The third kappa shape index (κ3) is 3.95. The van der Waals surface area contributed by atoms with Crippen molar-refractivity contribution in [2.45, 2.75) is 18.5 Å². The summed E-state index contributed by atoms with van der Waals surface area (Å²) in [7, 11) is 0.807. The van der Waals surface area contributed by atoms with E-state index in [0.717, 1.165) is 7.05 Å². The van der Waals surface area contributed by atoms with Gasteiger partial charge in [-0.3, -0.25) is 9.36 Å². The molecule has 0 saturated heterocycles. The van der Waals surface area contributed by atoms with Gasteiger partial charge in [0.05, 0.1) is 11.1 Å². The normalized spacial score (nSPS) is 13.1. The molecule has 1 aromatic heterocycles. The molecule has 0 aliphatic rings. The van der Waals surface area contributed by atoms with Crippen LogP contribution in [0.5, 0.6) is 0 Å². The molecule has 0 saturated carbocycles. The van der Waals surface area contributed by atoms with Crippen molar-refractivity contribution in [1.82, 2.24) is 9.55 Å². The maximum atomic E-state index is 13.1. The molecule has 2 N–H and O–H groups in total. The molecule has 1 heterocycles. The second kappa shape index (κ2) is 6.67. The Hall–Kier alpha value is -2.25. The molecule has 0 bridgehead atoms. The average Bonchev–Trinajstić information content (AvgIpc) is 2.50. The van der Waals surface area contributed by atoms with Crippen molar-refractivity contribution >= 4 is 21.6 Å². The first kappa shape index (κ1) is 22.0. The van der Waals surface area contributed by atoms with Gasteiger partial charge in [-0.05, 0) is 28.1 Å². The predicted octanol–water partition coefficient (Wildman–Crippen LogP) is 4.85. The van der Waals surface area contributed by atoms with Crippen LogP contribution >= 0.6 is 15.9 Å². The fourth-order valence-corrected chi connectivity index (χ4v) is 2.86. The highest BCUT2D eigenvalue weighted by atomic mass is 79.9. The van der Waals surface area contributed by atoms with Crippen molar-refractivity contribution in [3.8, 4) is 11.4 Å². The predicted molar refractivity (Wildman–Crippen MR) is 82.0 cm³/mol. The summed E-state index contributed by atoms with van der Waals surface area (Å²) < 4.78 is 117. The van der Waals surface area contributed by atoms with E-state index in [4.69, 9.17) is 5.73 Å². The first-order chi connectivity index (χ1) is 12.5. The molecular weight excluding hydrogens is 477 g/mol. The summed E-state index contributed by atoms with van der Waals surface area (Å²) >= 11 is 2.45. The van der Waals surface area contributed by atoms with Crippen molar-refractivity contribution in [3.63, 3.8) is 0 Å². The summed E-state index contributed by atoms with van der Waals surface area (Å²) in [5.74, 6) is -1.09. The lowest BCUT2D eigenvalue weighted by Crippen LogP contribution is -2.28. The van der Waals surface area contributed by atoms with Crippen LogP contribution < -0.4 is 11.3 Å². The van der Waals surface area contributed by atoms with E-state index in [-0.39, 0.29) is 12.1 Å². The van der Waals surface area contributed by atoms with Crippen molar-refractivity contribution in [2.24, 2.45) is 7.05 Å². The molecule has 0 unspecified atom stereocenters. The molecule has 14 heteroatoms. The zero-order valence-corrected chi connectivity index (χ0v) is 14.9. The van der Waals surface area contributed by atoms with Gasteiger partial charge in [-0.1, -0.05) is 0 Å². The van der Waals surface area contributed by atoms with Crippen LogP contribution in [0.1, 0.15) is 16.8 Å². The third-order valence-corrected chi connectivity index (χ3v) is 4.39. The van der Waals surface area contributed by atoms with Gasteiger partial charge in [0.1, 0.15) is 11.5 Å². The van der Waals surface area contributed by atoms with Crippen LogP contribution in [0.4, 0.5) is 45.2 Å². The summed E-state index contributed by atoms with van der Waals surface area (Å²) in [4.78, 5) is 15.0. The van der Waals surface area contributed by atoms with Crippen LogP contribution in [-0.4, -0.2) is 9.55 Å². The fourth-order valence-electron chi connectivity index (χ4n) is 2.23. The van der Waals surface area contributed by atoms with Gasteiger partial charge >= 0.3 is 18.5 Å². The van der Waals surface area contributed by atoms with Crippen LogP contribution in [0, 0.1) is 0 Å². The Kier molecular flexibility index (Phi) is 5.25. The molecule has 2 aromatic rings. The molecule has 4 nitrogen and oxygen atoms in total. The van der Waals surface area contributed by atoms with Gasteiger partial charge in [0.25, 0.3) is 5.56 Å². The van der Waals surface area contributed by atoms with Crippen LogP contribution in [-0.2, 0) is 25.6 Å². The van der Waals surface area contributed by atoms with Crippen LogP contribution in [0.3, 0.4) is 0 Å². The molecule has 0 aliphatic carbocycles. The van der Waals surface area contributed by atoms with Crippen molar-refractivity contribution < 1.29 is 39.5 Å². The number of benzene rings is 1. The lowest BCUT2D eigenvalue weighted by molar-refractivity contribution is -0.143. The SMILES string of the molecule is Cn1c(-c2cc(C(F)(F)F)cc(C(F)(F)F)c2Br)nc(C(F)(F)F)c(N)c1=O. The van der Waals surface area contributed by atoms with Gasteiger partial charge in [0, 0.05) is 17.1 Å². The molecular formula is C14H7BrF9N3O. The van der Waals surface area contributed by atoms with Gasteiger partial charge in [0.2, 0.25) is 0 Å². The first-order valence-electron chi connectivity index (χ1n) is 6.88. The highest BCUT2D eigenvalue weighted by molar-refractivity contribution is 9.10. The van der Waals surface area contributed by atoms with E-state index < -0.39 is 62.5 Å². The Bertz CT molecular complexity index is 990. The van der Waals surface area contributed by atoms with Gasteiger partial charge in [-0.15, -0.1) is 0 Å². The zero-order valence-electron chi connectivity index (χ0n) is 13.3. The quantitative estimate of drug-likeness (QED) is 0.590. The monoisotopic (exact) mass is 483 g/mol. The van der Waals surface area contributed by atoms with Crippen LogP contribution in [0.25, 0.3) is 11.4 Å². The number of nitrogen functional groups attached to an aromatic ring is 1. The number of alkyl halides is 9. The average molecular weight is 484 g/mol. The van der Waals surface area contributed by atoms with Crippen molar-refractivity contribution in [3.05, 3.63) is 43.8 Å². The maximum absolute atomic E-state index is 13.1. The Labute approximate surface area is 157 Å². The summed E-state index contributed by atoms with van der Waals surface area (Å²) in [5, 5.41) is 0. The Morgan fingerprint density at radius 3 is 1.93 bits per heavy atom. The minimum absolute atomic E-state index is 0.150. The molecule has 0 spiro atoms. The van der Waals surface area contributed by atoms with Gasteiger partial charge < -0.3 is 5.73 Å². The number of nitrogens with two attached hydrogens (primary N) is 1. The van der Waals surface area contributed by atoms with E-state index in [2.05, 4.69) is 20.9 Å². The minimum atomic E-state index is -5.28. The highest BCUT2D eigenvalue weighted by Crippen LogP contribution is 2.44. The van der Waals surface area contributed by atoms with Gasteiger partial charge in [0.15, 0.2) is 5.69 Å². The second-order valence-electron chi connectivity index (χ2n) is 5.44. The summed E-state index contributed by atoms with van der Waals surface area (Å²) in [6, 6.07) is -0.0644. The number of hydrogen-bond donors (Lipinski definition) is 1. The zero-order chi connectivity index (χ0) is 21.8. The summed E-state index contributed by atoms with van der Waals surface area (Å²) in [5.41, 5.74) is -4.32. The smallest absolute Gasteiger partial charge is 0.392 e. The number of aromatic nitrogens is 2. The number of anilines is 1. The number of rotatable bonds is 1.